The molecule has 10 aromatic rings. The maximum atomic E-state index is 5.28. The topological polar surface area (TPSA) is 43.6 Å². The van der Waals surface area contributed by atoms with Gasteiger partial charge in [0.15, 0.2) is 17.5 Å². The molecule has 0 spiro atoms. The zero-order chi connectivity index (χ0) is 41.0. The predicted octanol–water partition coefficient (Wildman–Crippen LogP) is 14.8. The summed E-state index contributed by atoms with van der Waals surface area (Å²) in [6.07, 6.45) is 4.80. The number of fused-ring (bicyclic) bond motifs is 7. The lowest BCUT2D eigenvalue weighted by Gasteiger charge is -2.24. The van der Waals surface area contributed by atoms with E-state index in [1.54, 1.807) is 0 Å². The summed E-state index contributed by atoms with van der Waals surface area (Å²) in [5.41, 5.74) is 16.1. The third kappa shape index (κ3) is 6.20. The van der Waals surface area contributed by atoms with Crippen LogP contribution in [0.15, 0.2) is 217 Å². The number of benzene rings is 8. The van der Waals surface area contributed by atoms with Crippen LogP contribution in [0.25, 0.3) is 90.2 Å². The Morgan fingerprint density at radius 2 is 0.952 bits per heavy atom. The van der Waals surface area contributed by atoms with Crippen LogP contribution in [-0.2, 0) is 0 Å². The van der Waals surface area contributed by atoms with Crippen LogP contribution >= 0.6 is 11.8 Å². The molecule has 12 rings (SSSR count). The molecule has 8 aromatic carbocycles. The maximum absolute atomic E-state index is 5.28. The Hall–Kier alpha value is -7.60. The molecule has 0 bridgehead atoms. The van der Waals surface area contributed by atoms with Crippen LogP contribution in [-0.4, -0.2) is 19.5 Å². The van der Waals surface area contributed by atoms with E-state index in [0.29, 0.717) is 17.5 Å². The minimum Gasteiger partial charge on any atom is -0.312 e. The lowest BCUT2D eigenvalue weighted by Crippen LogP contribution is -2.11. The fraction of sp³-hybridized carbons (Fsp3) is 0.0351. The van der Waals surface area contributed by atoms with Crippen LogP contribution in [0, 0.1) is 0 Å². The summed E-state index contributed by atoms with van der Waals surface area (Å²) in [6, 6.07) is 73.2. The van der Waals surface area contributed by atoms with Gasteiger partial charge in [-0.2, -0.15) is 0 Å². The second-order valence-corrected chi connectivity index (χ2v) is 17.1. The van der Waals surface area contributed by atoms with Crippen molar-refractivity contribution in [1.29, 1.82) is 0 Å². The SMILES string of the molecule is C1=CC2c3cc(-c4ccc(-c5ccccc5-c5ccccc5)cc4-c4nc(-c5ccccc5)nc(-c5ccccc5)n4)ccc3SC2c2c1c1ccccc1n2-c1ccccc1. The summed E-state index contributed by atoms with van der Waals surface area (Å²) >= 11 is 1.98. The van der Waals surface area contributed by atoms with Gasteiger partial charge in [-0.1, -0.05) is 182 Å². The van der Waals surface area contributed by atoms with E-state index in [2.05, 4.69) is 187 Å². The van der Waals surface area contributed by atoms with Crippen LogP contribution < -0.4 is 0 Å². The van der Waals surface area contributed by atoms with Gasteiger partial charge in [-0.05, 0) is 75.3 Å². The second-order valence-electron chi connectivity index (χ2n) is 15.9. The molecule has 0 saturated heterocycles. The first-order valence-electron chi connectivity index (χ1n) is 21.1. The van der Waals surface area contributed by atoms with Crippen molar-refractivity contribution in [1.82, 2.24) is 19.5 Å². The van der Waals surface area contributed by atoms with E-state index in [4.69, 9.17) is 15.0 Å². The quantitative estimate of drug-likeness (QED) is 0.161. The molecule has 2 atom stereocenters. The Labute approximate surface area is 365 Å². The summed E-state index contributed by atoms with van der Waals surface area (Å²) < 4.78 is 2.49. The average molecular weight is 811 g/mol. The van der Waals surface area contributed by atoms with E-state index in [1.165, 1.54) is 49.4 Å². The van der Waals surface area contributed by atoms with Gasteiger partial charge in [-0.15, -0.1) is 11.8 Å². The van der Waals surface area contributed by atoms with Crippen LogP contribution in [0.1, 0.15) is 28.0 Å². The Kier molecular flexibility index (Phi) is 8.86. The smallest absolute Gasteiger partial charge is 0.164 e. The molecule has 0 radical (unpaired) electrons. The number of para-hydroxylation sites is 2. The van der Waals surface area contributed by atoms with E-state index in [0.717, 1.165) is 38.9 Å². The molecular weight excluding hydrogens is 773 g/mol. The molecule has 1 aliphatic heterocycles. The number of nitrogens with zero attached hydrogens (tertiary/aromatic N) is 4. The Bertz CT molecular complexity index is 3260. The van der Waals surface area contributed by atoms with E-state index >= 15 is 0 Å². The third-order valence-corrected chi connectivity index (χ3v) is 13.6. The maximum Gasteiger partial charge on any atom is 0.164 e. The molecule has 0 fully saturated rings. The first-order valence-corrected chi connectivity index (χ1v) is 22.0. The monoisotopic (exact) mass is 810 g/mol. The Morgan fingerprint density at radius 3 is 1.65 bits per heavy atom. The summed E-state index contributed by atoms with van der Waals surface area (Å²) in [6.45, 7) is 0. The van der Waals surface area contributed by atoms with Gasteiger partial charge in [0.2, 0.25) is 0 Å². The molecule has 2 aromatic heterocycles. The zero-order valence-corrected chi connectivity index (χ0v) is 34.5. The van der Waals surface area contributed by atoms with Gasteiger partial charge in [0.05, 0.1) is 10.8 Å². The molecule has 5 heteroatoms. The standard InChI is InChI=1S/C57H38N4S/c1-5-17-37(18-6-1)43-25-13-14-26-44(43)40-29-31-45(50(36-40)57-59-55(38-19-7-2-8-20-38)58-56(60-57)39-21-9-3-10-22-39)41-30-34-52-49(35-41)48-33-32-47-46-27-15-16-28-51(46)61(53(47)54(48)62-52)42-23-11-4-12-24-42/h1-36,48,54H. The van der Waals surface area contributed by atoms with Gasteiger partial charge < -0.3 is 4.57 Å². The highest BCUT2D eigenvalue weighted by atomic mass is 32.2. The van der Waals surface area contributed by atoms with Crippen molar-refractivity contribution in [3.8, 4) is 73.2 Å². The molecular formula is C57H38N4S. The van der Waals surface area contributed by atoms with Crippen molar-refractivity contribution in [3.05, 3.63) is 229 Å². The van der Waals surface area contributed by atoms with Crippen molar-refractivity contribution in [3.63, 3.8) is 0 Å². The molecule has 2 unspecified atom stereocenters. The number of hydrogen-bond acceptors (Lipinski definition) is 4. The lowest BCUT2D eigenvalue weighted by molar-refractivity contribution is 0.776. The molecule has 2 aliphatic rings. The van der Waals surface area contributed by atoms with Crippen LogP contribution in [0.2, 0.25) is 0 Å². The molecule has 0 saturated carbocycles. The number of rotatable bonds is 7. The number of hydrogen-bond donors (Lipinski definition) is 0. The minimum atomic E-state index is 0.209. The summed E-state index contributed by atoms with van der Waals surface area (Å²) in [5, 5.41) is 1.52. The first kappa shape index (κ1) is 36.3. The van der Waals surface area contributed by atoms with E-state index < -0.39 is 0 Å². The summed E-state index contributed by atoms with van der Waals surface area (Å²) in [7, 11) is 0. The molecule has 62 heavy (non-hydrogen) atoms. The molecule has 1 aliphatic carbocycles. The molecule has 292 valence electrons. The van der Waals surface area contributed by atoms with Gasteiger partial charge in [-0.25, -0.2) is 15.0 Å². The Morgan fingerprint density at radius 1 is 0.419 bits per heavy atom. The summed E-state index contributed by atoms with van der Waals surface area (Å²) in [4.78, 5) is 16.9. The van der Waals surface area contributed by atoms with Crippen molar-refractivity contribution in [2.45, 2.75) is 16.1 Å². The highest BCUT2D eigenvalue weighted by molar-refractivity contribution is 8.00. The first-order chi connectivity index (χ1) is 30.7. The van der Waals surface area contributed by atoms with E-state index in [1.807, 2.05) is 48.2 Å². The lowest BCUT2D eigenvalue weighted by atomic mass is 9.85. The number of allylic oxidation sites excluding steroid dienone is 1. The number of thioether (sulfide) groups is 1. The van der Waals surface area contributed by atoms with Crippen LogP contribution in [0.5, 0.6) is 0 Å². The Balaban J connectivity index is 1.04. The van der Waals surface area contributed by atoms with E-state index in [9.17, 15) is 0 Å². The molecule has 0 amide bonds. The van der Waals surface area contributed by atoms with E-state index in [-0.39, 0.29) is 11.2 Å². The van der Waals surface area contributed by atoms with Gasteiger partial charge in [0.1, 0.15) is 0 Å². The van der Waals surface area contributed by atoms with Crippen molar-refractivity contribution in [2.24, 2.45) is 0 Å². The summed E-state index contributed by atoms with van der Waals surface area (Å²) in [5.74, 6) is 2.12. The van der Waals surface area contributed by atoms with Gasteiger partial charge in [-0.3, -0.25) is 0 Å². The highest BCUT2D eigenvalue weighted by Gasteiger charge is 2.39. The fourth-order valence-electron chi connectivity index (χ4n) is 9.36. The van der Waals surface area contributed by atoms with Crippen molar-refractivity contribution in [2.75, 3.05) is 0 Å². The fourth-order valence-corrected chi connectivity index (χ4v) is 10.8. The van der Waals surface area contributed by atoms with Gasteiger partial charge >= 0.3 is 0 Å². The predicted molar refractivity (Wildman–Crippen MR) is 256 cm³/mol. The number of aromatic nitrogens is 4. The largest absolute Gasteiger partial charge is 0.312 e. The molecule has 4 nitrogen and oxygen atoms in total. The second kappa shape index (κ2) is 15.1. The normalized spacial score (nSPS) is 15.0. The van der Waals surface area contributed by atoms with Crippen molar-refractivity contribution >= 4 is 28.7 Å². The zero-order valence-electron chi connectivity index (χ0n) is 33.6. The highest BCUT2D eigenvalue weighted by Crippen LogP contribution is 2.60. The average Bonchev–Trinajstić information content (AvgIpc) is 3.90. The molecule has 0 N–H and O–H groups in total. The third-order valence-electron chi connectivity index (χ3n) is 12.2. The van der Waals surface area contributed by atoms with Crippen LogP contribution in [0.3, 0.4) is 0 Å². The van der Waals surface area contributed by atoms with Crippen LogP contribution in [0.4, 0.5) is 0 Å². The minimum absolute atomic E-state index is 0.209. The van der Waals surface area contributed by atoms with Gasteiger partial charge in [0, 0.05) is 49.8 Å². The van der Waals surface area contributed by atoms with Crippen molar-refractivity contribution < 1.29 is 0 Å². The molecule has 3 heterocycles. The van der Waals surface area contributed by atoms with Gasteiger partial charge in [0.25, 0.3) is 0 Å².